The first-order valence-electron chi connectivity index (χ1n) is 5.14. The van der Waals surface area contributed by atoms with Crippen LogP contribution in [-0.2, 0) is 11.1 Å². The number of hydrogen-bond acceptors (Lipinski definition) is 1. The molecule has 0 aromatic heterocycles. The summed E-state index contributed by atoms with van der Waals surface area (Å²) >= 11 is -1.68. The maximum Gasteiger partial charge on any atom is 0.153 e. The molecular weight excluding hydrogens is 196 g/mol. The molecule has 0 aliphatic heterocycles. The fourth-order valence-corrected chi connectivity index (χ4v) is 2.59. The van der Waals surface area contributed by atoms with Gasteiger partial charge in [-0.1, -0.05) is 41.5 Å². The van der Waals surface area contributed by atoms with Gasteiger partial charge in [-0.25, -0.2) is 4.21 Å². The van der Waals surface area contributed by atoms with Crippen LogP contribution >= 0.6 is 0 Å². The predicted molar refractivity (Wildman–Crippen MR) is 62.7 cm³/mol. The van der Waals surface area contributed by atoms with Gasteiger partial charge in [-0.15, -0.1) is 0 Å². The molecule has 86 valence electrons. The van der Waals surface area contributed by atoms with Crippen molar-refractivity contribution in [3.05, 3.63) is 0 Å². The van der Waals surface area contributed by atoms with Gasteiger partial charge >= 0.3 is 0 Å². The third kappa shape index (κ3) is 5.11. The van der Waals surface area contributed by atoms with Crippen molar-refractivity contribution < 1.29 is 8.76 Å². The Morgan fingerprint density at radius 1 is 1.21 bits per heavy atom. The van der Waals surface area contributed by atoms with Gasteiger partial charge < -0.3 is 4.55 Å². The molecule has 0 saturated heterocycles. The molecular formula is C11H24O2S. The molecule has 14 heavy (non-hydrogen) atoms. The molecule has 0 saturated carbocycles. The van der Waals surface area contributed by atoms with Crippen molar-refractivity contribution in [2.24, 2.45) is 16.7 Å². The Bertz CT molecular complexity index is 207. The zero-order valence-corrected chi connectivity index (χ0v) is 11.1. The van der Waals surface area contributed by atoms with E-state index in [0.29, 0.717) is 11.7 Å². The van der Waals surface area contributed by atoms with E-state index in [-0.39, 0.29) is 10.8 Å². The van der Waals surface area contributed by atoms with E-state index in [1.54, 1.807) is 0 Å². The molecule has 0 amide bonds. The molecule has 0 fully saturated rings. The summed E-state index contributed by atoms with van der Waals surface area (Å²) in [7, 11) is 0. The van der Waals surface area contributed by atoms with Crippen molar-refractivity contribution in [1.29, 1.82) is 0 Å². The van der Waals surface area contributed by atoms with E-state index in [4.69, 9.17) is 4.55 Å². The Balaban J connectivity index is 4.41. The molecule has 0 aromatic rings. The Morgan fingerprint density at radius 2 is 1.64 bits per heavy atom. The summed E-state index contributed by atoms with van der Waals surface area (Å²) in [5.41, 5.74) is 0.163. The van der Waals surface area contributed by atoms with Crippen LogP contribution in [0.25, 0.3) is 0 Å². The molecule has 0 aliphatic carbocycles. The van der Waals surface area contributed by atoms with Crippen LogP contribution < -0.4 is 0 Å². The molecule has 0 aliphatic rings. The Labute approximate surface area is 90.8 Å². The van der Waals surface area contributed by atoms with Crippen LogP contribution in [0.15, 0.2) is 0 Å². The summed E-state index contributed by atoms with van der Waals surface area (Å²) < 4.78 is 19.7. The third-order valence-corrected chi connectivity index (χ3v) is 4.04. The lowest BCUT2D eigenvalue weighted by atomic mass is 9.70. The van der Waals surface area contributed by atoms with Crippen LogP contribution in [0, 0.1) is 16.7 Å². The van der Waals surface area contributed by atoms with Crippen molar-refractivity contribution >= 4 is 11.1 Å². The zero-order valence-electron chi connectivity index (χ0n) is 10.3. The van der Waals surface area contributed by atoms with Crippen LogP contribution in [0.3, 0.4) is 0 Å². The molecule has 0 heterocycles. The second kappa shape index (κ2) is 4.75. The normalized spacial score (nSPS) is 16.0. The maximum atomic E-state index is 10.8. The lowest BCUT2D eigenvalue weighted by molar-refractivity contribution is 0.153. The van der Waals surface area contributed by atoms with E-state index >= 15 is 0 Å². The van der Waals surface area contributed by atoms with Gasteiger partial charge in [-0.2, -0.15) is 0 Å². The summed E-state index contributed by atoms with van der Waals surface area (Å²) in [5.74, 6) is 0.956. The smallest absolute Gasteiger partial charge is 0.153 e. The predicted octanol–water partition coefficient (Wildman–Crippen LogP) is 3.31. The monoisotopic (exact) mass is 220 g/mol. The first-order valence-corrected chi connectivity index (χ1v) is 6.42. The quantitative estimate of drug-likeness (QED) is 0.722. The van der Waals surface area contributed by atoms with E-state index in [9.17, 15) is 4.21 Å². The van der Waals surface area contributed by atoms with E-state index < -0.39 is 11.1 Å². The van der Waals surface area contributed by atoms with Gasteiger partial charge in [-0.05, 0) is 23.2 Å². The Kier molecular flexibility index (Phi) is 4.79. The Hall–Kier alpha value is 0.110. The van der Waals surface area contributed by atoms with Crippen LogP contribution in [0.2, 0.25) is 0 Å². The van der Waals surface area contributed by atoms with Crippen molar-refractivity contribution in [3.8, 4) is 0 Å². The van der Waals surface area contributed by atoms with E-state index in [1.165, 1.54) is 0 Å². The highest BCUT2D eigenvalue weighted by molar-refractivity contribution is 7.79. The highest BCUT2D eigenvalue weighted by Crippen LogP contribution is 2.39. The topological polar surface area (TPSA) is 37.3 Å². The fourth-order valence-electron chi connectivity index (χ4n) is 1.82. The average Bonchev–Trinajstić information content (AvgIpc) is 1.79. The van der Waals surface area contributed by atoms with E-state index in [0.717, 1.165) is 6.42 Å². The second-order valence-corrected chi connectivity index (χ2v) is 6.88. The van der Waals surface area contributed by atoms with E-state index in [2.05, 4.69) is 41.5 Å². The zero-order chi connectivity index (χ0) is 11.6. The van der Waals surface area contributed by atoms with Gasteiger partial charge in [0.1, 0.15) is 0 Å². The minimum atomic E-state index is -1.68. The molecule has 2 nitrogen and oxygen atoms in total. The molecule has 0 bridgehead atoms. The minimum Gasteiger partial charge on any atom is -0.306 e. The van der Waals surface area contributed by atoms with Crippen LogP contribution in [0.1, 0.15) is 48.0 Å². The summed E-state index contributed by atoms with van der Waals surface area (Å²) in [6.45, 7) is 13.0. The average molecular weight is 220 g/mol. The molecule has 1 atom stereocenters. The van der Waals surface area contributed by atoms with Gasteiger partial charge in [-0.3, -0.25) is 0 Å². The number of hydrogen-bond donors (Lipinski definition) is 1. The van der Waals surface area contributed by atoms with Gasteiger partial charge in [0.25, 0.3) is 0 Å². The number of rotatable bonds is 5. The van der Waals surface area contributed by atoms with Crippen molar-refractivity contribution in [3.63, 3.8) is 0 Å². The highest BCUT2D eigenvalue weighted by atomic mass is 32.2. The lowest BCUT2D eigenvalue weighted by Gasteiger charge is -2.37. The first-order chi connectivity index (χ1) is 6.07. The summed E-state index contributed by atoms with van der Waals surface area (Å²) in [4.78, 5) is 0. The van der Waals surface area contributed by atoms with Gasteiger partial charge in [0.05, 0.1) is 5.75 Å². The van der Waals surface area contributed by atoms with Crippen LogP contribution in [-0.4, -0.2) is 14.5 Å². The molecule has 0 radical (unpaired) electrons. The van der Waals surface area contributed by atoms with Gasteiger partial charge in [0, 0.05) is 0 Å². The third-order valence-electron chi connectivity index (χ3n) is 3.01. The highest BCUT2D eigenvalue weighted by Gasteiger charge is 2.32. The molecule has 0 aromatic carbocycles. The largest absolute Gasteiger partial charge is 0.306 e. The SMILES string of the molecule is CC(C)C(C)(C)CC(C)(C)CS(=O)O. The Morgan fingerprint density at radius 3 is 1.93 bits per heavy atom. The van der Waals surface area contributed by atoms with Gasteiger partial charge in [0.15, 0.2) is 11.1 Å². The van der Waals surface area contributed by atoms with Crippen LogP contribution in [0.4, 0.5) is 0 Å². The minimum absolute atomic E-state index is 0.0621. The first kappa shape index (κ1) is 14.1. The summed E-state index contributed by atoms with van der Waals surface area (Å²) in [6, 6.07) is 0. The molecule has 1 N–H and O–H groups in total. The van der Waals surface area contributed by atoms with Gasteiger partial charge in [0.2, 0.25) is 0 Å². The van der Waals surface area contributed by atoms with Crippen LogP contribution in [0.5, 0.6) is 0 Å². The summed E-state index contributed by atoms with van der Waals surface area (Å²) in [6.07, 6.45) is 0.976. The van der Waals surface area contributed by atoms with Crippen molar-refractivity contribution in [2.45, 2.75) is 48.0 Å². The molecule has 3 heteroatoms. The maximum absolute atomic E-state index is 10.8. The lowest BCUT2D eigenvalue weighted by Crippen LogP contribution is -2.31. The standard InChI is InChI=1S/C11H24O2S/c1-9(2)11(5,6)7-10(3,4)8-14(12)13/h9H,7-8H2,1-6H3,(H,12,13). The van der Waals surface area contributed by atoms with Crippen molar-refractivity contribution in [1.82, 2.24) is 0 Å². The molecule has 0 spiro atoms. The van der Waals surface area contributed by atoms with Crippen molar-refractivity contribution in [2.75, 3.05) is 5.75 Å². The fraction of sp³-hybridized carbons (Fsp3) is 1.00. The summed E-state index contributed by atoms with van der Waals surface area (Å²) in [5, 5.41) is 0. The second-order valence-electron chi connectivity index (χ2n) is 5.95. The van der Waals surface area contributed by atoms with E-state index in [1.807, 2.05) is 0 Å². The molecule has 0 rings (SSSR count). The molecule has 1 unspecified atom stereocenters.